The summed E-state index contributed by atoms with van der Waals surface area (Å²) < 4.78 is 17.2. The van der Waals surface area contributed by atoms with E-state index in [1.54, 1.807) is 18.3 Å². The number of hydrogen-bond acceptors (Lipinski definition) is 4. The zero-order valence-corrected chi connectivity index (χ0v) is 19.9. The van der Waals surface area contributed by atoms with Crippen molar-refractivity contribution in [3.05, 3.63) is 87.2 Å². The van der Waals surface area contributed by atoms with E-state index >= 15 is 4.39 Å². The summed E-state index contributed by atoms with van der Waals surface area (Å²) in [6, 6.07) is 11.1. The molecule has 1 aliphatic rings. The van der Waals surface area contributed by atoms with Gasteiger partial charge in [0, 0.05) is 23.2 Å². The van der Waals surface area contributed by atoms with Crippen LogP contribution in [0.2, 0.25) is 0 Å². The van der Waals surface area contributed by atoms with Gasteiger partial charge in [0.2, 0.25) is 0 Å². The molecule has 0 saturated carbocycles. The molecular formula is C28H29FN4O2. The highest BCUT2D eigenvalue weighted by molar-refractivity contribution is 5.83. The third-order valence-corrected chi connectivity index (χ3v) is 6.65. The number of benzene rings is 2. The number of nitrogens with two attached hydrogens (primary N) is 1. The molecule has 4 N–H and O–H groups in total. The summed E-state index contributed by atoms with van der Waals surface area (Å²) in [5.74, 6) is -0.312. The molecule has 0 amide bonds. The number of fused-ring (bicyclic) bond motifs is 2. The van der Waals surface area contributed by atoms with Crippen LogP contribution in [0.4, 0.5) is 4.39 Å². The van der Waals surface area contributed by atoms with Crippen LogP contribution in [0.25, 0.3) is 34.1 Å². The predicted molar refractivity (Wildman–Crippen MR) is 137 cm³/mol. The highest BCUT2D eigenvalue weighted by atomic mass is 19.1. The largest absolute Gasteiger partial charge is 0.388 e. The molecule has 2 atom stereocenters. The topological polar surface area (TPSA) is 96.9 Å². The highest BCUT2D eigenvalue weighted by Gasteiger charge is 2.24. The Morgan fingerprint density at radius 1 is 1.23 bits per heavy atom. The van der Waals surface area contributed by atoms with Gasteiger partial charge in [-0.05, 0) is 80.5 Å². The number of aromatic amines is 1. The van der Waals surface area contributed by atoms with Crippen molar-refractivity contribution in [2.75, 3.05) is 0 Å². The summed E-state index contributed by atoms with van der Waals surface area (Å²) in [5, 5.41) is 11.7. The minimum absolute atomic E-state index is 0.0303. The number of hydrogen-bond donors (Lipinski definition) is 3. The summed E-state index contributed by atoms with van der Waals surface area (Å²) in [5.41, 5.74) is 10.6. The molecule has 2 aromatic carbocycles. The number of aliphatic hydroxyl groups is 1. The number of aliphatic hydroxyl groups excluding tert-OH is 1. The average molecular weight is 473 g/mol. The van der Waals surface area contributed by atoms with E-state index < -0.39 is 11.8 Å². The van der Waals surface area contributed by atoms with Gasteiger partial charge < -0.3 is 15.8 Å². The SMILES string of the molecule is Cc1ccc(-n2cc3cc(-c4cc(C(O)CC[C@H](C)N)c5c(c4F)CCC=C5)[nH]c3nc2=O)cc1. The highest BCUT2D eigenvalue weighted by Crippen LogP contribution is 2.37. The van der Waals surface area contributed by atoms with Crippen molar-refractivity contribution in [1.82, 2.24) is 14.5 Å². The first-order valence-electron chi connectivity index (χ1n) is 12.0. The van der Waals surface area contributed by atoms with E-state index in [1.165, 1.54) is 4.57 Å². The lowest BCUT2D eigenvalue weighted by Crippen LogP contribution is -2.20. The van der Waals surface area contributed by atoms with Crippen LogP contribution in [0.5, 0.6) is 0 Å². The first-order valence-corrected chi connectivity index (χ1v) is 12.0. The van der Waals surface area contributed by atoms with Crippen LogP contribution in [0.3, 0.4) is 0 Å². The lowest BCUT2D eigenvalue weighted by molar-refractivity contribution is 0.162. The van der Waals surface area contributed by atoms with Crippen molar-refractivity contribution in [3.63, 3.8) is 0 Å². The van der Waals surface area contributed by atoms with E-state index in [0.717, 1.165) is 17.5 Å². The lowest BCUT2D eigenvalue weighted by atomic mass is 9.86. The number of aryl methyl sites for hydroxylation is 1. The predicted octanol–water partition coefficient (Wildman–Crippen LogP) is 4.95. The van der Waals surface area contributed by atoms with E-state index in [2.05, 4.69) is 9.97 Å². The maximum Gasteiger partial charge on any atom is 0.354 e. The van der Waals surface area contributed by atoms with E-state index in [0.29, 0.717) is 58.4 Å². The Hall–Kier alpha value is -3.55. The van der Waals surface area contributed by atoms with Crippen LogP contribution < -0.4 is 11.4 Å². The number of nitrogens with one attached hydrogen (secondary N) is 1. The van der Waals surface area contributed by atoms with E-state index in [1.807, 2.05) is 50.3 Å². The molecule has 2 aromatic heterocycles. The van der Waals surface area contributed by atoms with Crippen molar-refractivity contribution in [3.8, 4) is 16.9 Å². The molecule has 0 fully saturated rings. The normalized spacial score (nSPS) is 14.8. The molecule has 6 nitrogen and oxygen atoms in total. The van der Waals surface area contributed by atoms with Gasteiger partial charge in [-0.15, -0.1) is 0 Å². The average Bonchev–Trinajstić information content (AvgIpc) is 3.25. The van der Waals surface area contributed by atoms with Crippen LogP contribution in [0, 0.1) is 12.7 Å². The lowest BCUT2D eigenvalue weighted by Gasteiger charge is -2.22. The summed E-state index contributed by atoms with van der Waals surface area (Å²) in [6.07, 6.45) is 7.33. The molecule has 1 aliphatic carbocycles. The first kappa shape index (κ1) is 23.2. The van der Waals surface area contributed by atoms with Crippen molar-refractivity contribution in [1.29, 1.82) is 0 Å². The Morgan fingerprint density at radius 2 is 2.00 bits per heavy atom. The molecule has 0 spiro atoms. The smallest absolute Gasteiger partial charge is 0.354 e. The van der Waals surface area contributed by atoms with E-state index in [9.17, 15) is 9.90 Å². The van der Waals surface area contributed by atoms with Crippen LogP contribution in [-0.2, 0) is 6.42 Å². The Bertz CT molecular complexity index is 1480. The van der Waals surface area contributed by atoms with Gasteiger partial charge in [0.15, 0.2) is 0 Å². The van der Waals surface area contributed by atoms with Crippen LogP contribution >= 0.6 is 0 Å². The maximum absolute atomic E-state index is 15.7. The number of nitrogens with zero attached hydrogens (tertiary/aromatic N) is 2. The third kappa shape index (κ3) is 4.45. The number of allylic oxidation sites excluding steroid dienone is 1. The summed E-state index contributed by atoms with van der Waals surface area (Å²) in [6.45, 7) is 3.89. The van der Waals surface area contributed by atoms with Crippen LogP contribution in [0.15, 0.2) is 53.5 Å². The summed E-state index contributed by atoms with van der Waals surface area (Å²) >= 11 is 0. The fraction of sp³-hybridized carbons (Fsp3) is 0.286. The van der Waals surface area contributed by atoms with Gasteiger partial charge in [0.1, 0.15) is 11.5 Å². The third-order valence-electron chi connectivity index (χ3n) is 6.65. The monoisotopic (exact) mass is 472 g/mol. The molecule has 0 bridgehead atoms. The quantitative estimate of drug-likeness (QED) is 0.370. The van der Waals surface area contributed by atoms with Crippen molar-refractivity contribution in [2.24, 2.45) is 5.73 Å². The second kappa shape index (κ2) is 9.24. The van der Waals surface area contributed by atoms with E-state index in [-0.39, 0.29) is 11.9 Å². The second-order valence-corrected chi connectivity index (χ2v) is 9.45. The molecule has 1 unspecified atom stereocenters. The summed E-state index contributed by atoms with van der Waals surface area (Å²) in [4.78, 5) is 20.0. The molecule has 5 rings (SSSR count). The minimum Gasteiger partial charge on any atom is -0.388 e. The van der Waals surface area contributed by atoms with Gasteiger partial charge in [0.05, 0.1) is 17.5 Å². The van der Waals surface area contributed by atoms with E-state index in [4.69, 9.17) is 5.73 Å². The standard InChI is InChI=1S/C28H29FN4O2/c1-16-7-10-19(11-8-16)33-15-18-13-24(31-27(18)32-28(33)35)23-14-22(25(34)12-9-17(2)30)20-5-3-4-6-21(20)26(23)29/h3,5,7-8,10-11,13-15,17,25,34H,4,6,9,12,30H2,1-2H3,(H,31,32,35)/t17-,25?/m0/s1. The zero-order chi connectivity index (χ0) is 24.7. The molecule has 2 heterocycles. The first-order chi connectivity index (χ1) is 16.8. The van der Waals surface area contributed by atoms with Crippen molar-refractivity contribution >= 4 is 17.1 Å². The fourth-order valence-corrected chi connectivity index (χ4v) is 4.70. The van der Waals surface area contributed by atoms with Gasteiger partial charge in [-0.3, -0.25) is 4.57 Å². The maximum atomic E-state index is 15.7. The zero-order valence-electron chi connectivity index (χ0n) is 19.9. The Labute approximate surface area is 203 Å². The Balaban J connectivity index is 1.62. The van der Waals surface area contributed by atoms with Gasteiger partial charge in [0.25, 0.3) is 0 Å². The van der Waals surface area contributed by atoms with Gasteiger partial charge in [-0.1, -0.05) is 29.8 Å². The minimum atomic E-state index is -0.753. The molecule has 4 aromatic rings. The molecule has 0 saturated heterocycles. The molecular weight excluding hydrogens is 443 g/mol. The fourth-order valence-electron chi connectivity index (χ4n) is 4.70. The number of H-pyrrole nitrogens is 1. The second-order valence-electron chi connectivity index (χ2n) is 9.45. The molecule has 180 valence electrons. The van der Waals surface area contributed by atoms with Gasteiger partial charge in [-0.2, -0.15) is 4.98 Å². The van der Waals surface area contributed by atoms with Crippen molar-refractivity contribution in [2.45, 2.75) is 51.7 Å². The Kier molecular flexibility index (Phi) is 6.13. The molecule has 7 heteroatoms. The van der Waals surface area contributed by atoms with Crippen LogP contribution in [0.1, 0.15) is 54.5 Å². The van der Waals surface area contributed by atoms with Crippen LogP contribution in [-0.4, -0.2) is 25.7 Å². The Morgan fingerprint density at radius 3 is 2.74 bits per heavy atom. The number of rotatable bonds is 6. The van der Waals surface area contributed by atoms with Gasteiger partial charge >= 0.3 is 5.69 Å². The summed E-state index contributed by atoms with van der Waals surface area (Å²) in [7, 11) is 0. The number of halogens is 1. The molecule has 0 aliphatic heterocycles. The molecule has 35 heavy (non-hydrogen) atoms. The number of aromatic nitrogens is 3. The van der Waals surface area contributed by atoms with Gasteiger partial charge in [-0.25, -0.2) is 9.18 Å². The molecule has 0 radical (unpaired) electrons. The van der Waals surface area contributed by atoms with Crippen molar-refractivity contribution < 1.29 is 9.50 Å².